The van der Waals surface area contributed by atoms with Crippen LogP contribution >= 0.6 is 0 Å². The fourth-order valence-electron chi connectivity index (χ4n) is 2.82. The summed E-state index contributed by atoms with van der Waals surface area (Å²) in [6.45, 7) is 1.87. The predicted molar refractivity (Wildman–Crippen MR) is 70.5 cm³/mol. The molecule has 1 fully saturated rings. The smallest absolute Gasteiger partial charge is 0.307 e. The summed E-state index contributed by atoms with van der Waals surface area (Å²) in [6.07, 6.45) is 2.07. The van der Waals surface area contributed by atoms with Crippen LogP contribution in [0.2, 0.25) is 0 Å². The fraction of sp³-hybridized carbons (Fsp3) is 0.467. The van der Waals surface area contributed by atoms with Crippen molar-refractivity contribution in [3.63, 3.8) is 0 Å². The van der Waals surface area contributed by atoms with Gasteiger partial charge >= 0.3 is 5.97 Å². The molecule has 0 amide bonds. The molecule has 0 spiro atoms. The van der Waals surface area contributed by atoms with Crippen molar-refractivity contribution in [2.24, 2.45) is 11.8 Å². The number of hydrogen-bond donors (Lipinski definition) is 1. The summed E-state index contributed by atoms with van der Waals surface area (Å²) in [6, 6.07) is 5.25. The third-order valence-corrected chi connectivity index (χ3v) is 3.85. The Morgan fingerprint density at radius 1 is 1.26 bits per heavy atom. The summed E-state index contributed by atoms with van der Waals surface area (Å²) in [5, 5.41) is 9.14. The van der Waals surface area contributed by atoms with Crippen molar-refractivity contribution in [3.05, 3.63) is 29.3 Å². The van der Waals surface area contributed by atoms with Gasteiger partial charge in [0.05, 0.1) is 13.0 Å². The molecular weight excluding hydrogens is 244 g/mol. The van der Waals surface area contributed by atoms with E-state index in [0.717, 1.165) is 17.7 Å². The Bertz CT molecular complexity index is 507. The normalized spacial score (nSPS) is 22.2. The number of hydrogen-bond acceptors (Lipinski definition) is 3. The maximum absolute atomic E-state index is 12.4. The van der Waals surface area contributed by atoms with E-state index in [1.807, 2.05) is 6.92 Å². The van der Waals surface area contributed by atoms with Crippen molar-refractivity contribution in [1.82, 2.24) is 0 Å². The van der Waals surface area contributed by atoms with Gasteiger partial charge in [0.15, 0.2) is 5.78 Å². The van der Waals surface area contributed by atoms with Crippen molar-refractivity contribution in [1.29, 1.82) is 0 Å². The molecule has 1 aromatic carbocycles. The fourth-order valence-corrected chi connectivity index (χ4v) is 2.82. The molecule has 2 atom stereocenters. The lowest BCUT2D eigenvalue weighted by Crippen LogP contribution is -2.25. The van der Waals surface area contributed by atoms with Gasteiger partial charge in [0.25, 0.3) is 0 Å². The number of rotatable bonds is 4. The molecule has 0 aromatic heterocycles. The van der Waals surface area contributed by atoms with Crippen LogP contribution in [0.15, 0.2) is 18.2 Å². The second kappa shape index (κ2) is 5.43. The second-order valence-corrected chi connectivity index (χ2v) is 5.03. The van der Waals surface area contributed by atoms with E-state index in [1.54, 1.807) is 25.3 Å². The Morgan fingerprint density at radius 2 is 1.95 bits per heavy atom. The molecule has 2 rings (SSSR count). The zero-order chi connectivity index (χ0) is 14.0. The molecule has 0 saturated heterocycles. The maximum Gasteiger partial charge on any atom is 0.307 e. The van der Waals surface area contributed by atoms with Gasteiger partial charge in [-0.05, 0) is 43.5 Å². The second-order valence-electron chi connectivity index (χ2n) is 5.03. The van der Waals surface area contributed by atoms with Gasteiger partial charge in [-0.1, -0.05) is 6.42 Å². The molecule has 0 bridgehead atoms. The zero-order valence-electron chi connectivity index (χ0n) is 11.2. The molecular formula is C15H18O4. The van der Waals surface area contributed by atoms with Gasteiger partial charge in [-0.25, -0.2) is 0 Å². The molecule has 102 valence electrons. The highest BCUT2D eigenvalue weighted by Crippen LogP contribution is 2.35. The molecule has 4 heteroatoms. The van der Waals surface area contributed by atoms with Crippen LogP contribution in [0.4, 0.5) is 0 Å². The van der Waals surface area contributed by atoms with Gasteiger partial charge in [-0.15, -0.1) is 0 Å². The molecule has 19 heavy (non-hydrogen) atoms. The van der Waals surface area contributed by atoms with Crippen LogP contribution < -0.4 is 4.74 Å². The molecule has 0 radical (unpaired) electrons. The van der Waals surface area contributed by atoms with Crippen LogP contribution in [-0.2, 0) is 4.79 Å². The van der Waals surface area contributed by atoms with Crippen molar-refractivity contribution in [3.8, 4) is 5.75 Å². The molecule has 0 heterocycles. The highest BCUT2D eigenvalue weighted by molar-refractivity contribution is 6.00. The van der Waals surface area contributed by atoms with Crippen molar-refractivity contribution in [2.45, 2.75) is 26.2 Å². The number of ether oxygens (including phenoxy) is 1. The number of ketones is 1. The Hall–Kier alpha value is -1.84. The number of carbonyl (C=O) groups is 2. The zero-order valence-corrected chi connectivity index (χ0v) is 11.2. The first-order valence-corrected chi connectivity index (χ1v) is 6.46. The minimum absolute atomic E-state index is 0.0596. The average molecular weight is 262 g/mol. The van der Waals surface area contributed by atoms with Crippen LogP contribution in [0, 0.1) is 18.8 Å². The summed E-state index contributed by atoms with van der Waals surface area (Å²) in [7, 11) is 1.58. The standard InChI is InChI=1S/C15H18O4/c1-9-8-10(6-7-13(9)19-2)14(16)11-4-3-5-12(11)15(17)18/h6-8,11-12H,3-5H2,1-2H3,(H,17,18). The van der Waals surface area contributed by atoms with E-state index in [0.29, 0.717) is 18.4 Å². The van der Waals surface area contributed by atoms with E-state index in [9.17, 15) is 9.59 Å². The lowest BCUT2D eigenvalue weighted by atomic mass is 9.88. The van der Waals surface area contributed by atoms with Crippen LogP contribution in [-0.4, -0.2) is 24.0 Å². The van der Waals surface area contributed by atoms with Gasteiger partial charge in [-0.2, -0.15) is 0 Å². The van der Waals surface area contributed by atoms with Crippen LogP contribution in [0.5, 0.6) is 5.75 Å². The van der Waals surface area contributed by atoms with E-state index < -0.39 is 11.9 Å². The van der Waals surface area contributed by atoms with Crippen molar-refractivity contribution < 1.29 is 19.4 Å². The maximum atomic E-state index is 12.4. The first-order valence-electron chi connectivity index (χ1n) is 6.46. The SMILES string of the molecule is COc1ccc(C(=O)C2CCCC2C(=O)O)cc1C. The van der Waals surface area contributed by atoms with E-state index in [4.69, 9.17) is 9.84 Å². The molecule has 0 aliphatic heterocycles. The lowest BCUT2D eigenvalue weighted by molar-refractivity contribution is -0.142. The molecule has 1 saturated carbocycles. The van der Waals surface area contributed by atoms with E-state index in [2.05, 4.69) is 0 Å². The van der Waals surface area contributed by atoms with Crippen LogP contribution in [0.1, 0.15) is 35.2 Å². The Morgan fingerprint density at radius 3 is 2.53 bits per heavy atom. The average Bonchev–Trinajstić information content (AvgIpc) is 2.87. The number of Topliss-reactive ketones (excluding diaryl/α,β-unsaturated/α-hetero) is 1. The van der Waals surface area contributed by atoms with Crippen LogP contribution in [0.3, 0.4) is 0 Å². The third kappa shape index (κ3) is 2.62. The van der Waals surface area contributed by atoms with Crippen molar-refractivity contribution >= 4 is 11.8 Å². The molecule has 1 aromatic rings. The molecule has 2 unspecified atom stereocenters. The monoisotopic (exact) mass is 262 g/mol. The highest BCUT2D eigenvalue weighted by atomic mass is 16.5. The predicted octanol–water partition coefficient (Wildman–Crippen LogP) is 2.69. The van der Waals surface area contributed by atoms with Crippen LogP contribution in [0.25, 0.3) is 0 Å². The van der Waals surface area contributed by atoms with E-state index >= 15 is 0 Å². The molecule has 1 aliphatic rings. The summed E-state index contributed by atoms with van der Waals surface area (Å²) in [4.78, 5) is 23.6. The number of carboxylic acid groups (broad SMARTS) is 1. The molecule has 4 nitrogen and oxygen atoms in total. The first-order chi connectivity index (χ1) is 9.04. The number of aliphatic carboxylic acids is 1. The van der Waals surface area contributed by atoms with Crippen molar-refractivity contribution in [2.75, 3.05) is 7.11 Å². The minimum Gasteiger partial charge on any atom is -0.496 e. The summed E-state index contributed by atoms with van der Waals surface area (Å²) >= 11 is 0. The quantitative estimate of drug-likeness (QED) is 0.847. The van der Waals surface area contributed by atoms with Gasteiger partial charge in [0.1, 0.15) is 5.75 Å². The van der Waals surface area contributed by atoms with Gasteiger partial charge in [0.2, 0.25) is 0 Å². The number of aryl methyl sites for hydroxylation is 1. The number of methoxy groups -OCH3 is 1. The van der Waals surface area contributed by atoms with E-state index in [-0.39, 0.29) is 11.7 Å². The Balaban J connectivity index is 2.24. The largest absolute Gasteiger partial charge is 0.496 e. The summed E-state index contributed by atoms with van der Waals surface area (Å²) in [5.74, 6) is -1.10. The Labute approximate surface area is 112 Å². The molecule has 1 N–H and O–H groups in total. The number of carboxylic acids is 1. The number of carbonyl (C=O) groups excluding carboxylic acids is 1. The summed E-state index contributed by atoms with van der Waals surface area (Å²) in [5.41, 5.74) is 1.47. The van der Waals surface area contributed by atoms with Gasteiger partial charge in [-0.3, -0.25) is 9.59 Å². The highest BCUT2D eigenvalue weighted by Gasteiger charge is 2.37. The minimum atomic E-state index is -0.860. The van der Waals surface area contributed by atoms with E-state index in [1.165, 1.54) is 0 Å². The summed E-state index contributed by atoms with van der Waals surface area (Å²) < 4.78 is 5.16. The van der Waals surface area contributed by atoms with Gasteiger partial charge in [0, 0.05) is 11.5 Å². The number of benzene rings is 1. The van der Waals surface area contributed by atoms with Gasteiger partial charge < -0.3 is 9.84 Å². The third-order valence-electron chi connectivity index (χ3n) is 3.85. The lowest BCUT2D eigenvalue weighted by Gasteiger charge is -2.15. The topological polar surface area (TPSA) is 63.6 Å². The Kier molecular flexibility index (Phi) is 3.88. The molecule has 1 aliphatic carbocycles. The first kappa shape index (κ1) is 13.6.